The lowest BCUT2D eigenvalue weighted by molar-refractivity contribution is -0.131. The van der Waals surface area contributed by atoms with Gasteiger partial charge >= 0.3 is 0 Å². The first kappa shape index (κ1) is 16.8. The van der Waals surface area contributed by atoms with Crippen LogP contribution in [0.25, 0.3) is 0 Å². The van der Waals surface area contributed by atoms with Crippen LogP contribution in [0.4, 0.5) is 0 Å². The van der Waals surface area contributed by atoms with Crippen molar-refractivity contribution in [2.24, 2.45) is 5.92 Å². The number of carbonyl (C=O) groups is 1. The number of aryl methyl sites for hydroxylation is 2. The predicted octanol–water partition coefficient (Wildman–Crippen LogP) is 1.07. The molecule has 2 aliphatic heterocycles. The Morgan fingerprint density at radius 3 is 2.76 bits per heavy atom. The third-order valence-corrected chi connectivity index (χ3v) is 5.85. The molecular formula is C19H28N4O2. The SMILES string of the molecule is O=C1CCCCCN1CCN1CC(Cn2nc3c(cc2=O)CCC3)C1. The lowest BCUT2D eigenvalue weighted by Gasteiger charge is -2.40. The quantitative estimate of drug-likeness (QED) is 0.802. The van der Waals surface area contributed by atoms with Crippen LogP contribution in [0.5, 0.6) is 0 Å². The van der Waals surface area contributed by atoms with E-state index in [1.54, 1.807) is 10.7 Å². The van der Waals surface area contributed by atoms with E-state index in [0.29, 0.717) is 11.8 Å². The fourth-order valence-corrected chi connectivity index (χ4v) is 4.33. The smallest absolute Gasteiger partial charge is 0.267 e. The molecule has 0 unspecified atom stereocenters. The molecule has 4 rings (SSSR count). The van der Waals surface area contributed by atoms with E-state index in [9.17, 15) is 9.59 Å². The predicted molar refractivity (Wildman–Crippen MR) is 95.5 cm³/mol. The van der Waals surface area contributed by atoms with Gasteiger partial charge in [-0.15, -0.1) is 0 Å². The van der Waals surface area contributed by atoms with Crippen LogP contribution in [0, 0.1) is 5.92 Å². The van der Waals surface area contributed by atoms with Gasteiger partial charge < -0.3 is 9.80 Å². The van der Waals surface area contributed by atoms with Crippen LogP contribution >= 0.6 is 0 Å². The van der Waals surface area contributed by atoms with Gasteiger partial charge in [0.1, 0.15) is 0 Å². The van der Waals surface area contributed by atoms with E-state index in [-0.39, 0.29) is 5.56 Å². The van der Waals surface area contributed by atoms with Gasteiger partial charge in [-0.05, 0) is 37.7 Å². The average Bonchev–Trinajstić information content (AvgIpc) is 2.90. The molecule has 0 aromatic carbocycles. The van der Waals surface area contributed by atoms with Gasteiger partial charge in [-0.2, -0.15) is 5.10 Å². The Morgan fingerprint density at radius 2 is 1.88 bits per heavy atom. The van der Waals surface area contributed by atoms with Gasteiger partial charge in [0, 0.05) is 51.1 Å². The van der Waals surface area contributed by atoms with Gasteiger partial charge in [-0.1, -0.05) is 6.42 Å². The van der Waals surface area contributed by atoms with E-state index in [0.717, 1.165) is 89.1 Å². The number of nitrogens with zero attached hydrogens (tertiary/aromatic N) is 4. The molecule has 1 aromatic heterocycles. The van der Waals surface area contributed by atoms with Crippen molar-refractivity contribution in [3.05, 3.63) is 27.7 Å². The summed E-state index contributed by atoms with van der Waals surface area (Å²) in [7, 11) is 0. The molecule has 6 nitrogen and oxygen atoms in total. The molecule has 0 N–H and O–H groups in total. The van der Waals surface area contributed by atoms with Crippen molar-refractivity contribution in [3.63, 3.8) is 0 Å². The highest BCUT2D eigenvalue weighted by Crippen LogP contribution is 2.20. The minimum Gasteiger partial charge on any atom is -0.341 e. The zero-order chi connectivity index (χ0) is 17.2. The number of amides is 1. The fraction of sp³-hybridized carbons (Fsp3) is 0.737. The van der Waals surface area contributed by atoms with Crippen LogP contribution in [0.15, 0.2) is 10.9 Å². The van der Waals surface area contributed by atoms with E-state index >= 15 is 0 Å². The van der Waals surface area contributed by atoms with Crippen LogP contribution < -0.4 is 5.56 Å². The molecule has 1 amide bonds. The van der Waals surface area contributed by atoms with E-state index in [2.05, 4.69) is 10.00 Å². The maximum atomic E-state index is 12.2. The van der Waals surface area contributed by atoms with Gasteiger partial charge in [-0.3, -0.25) is 9.59 Å². The molecule has 6 heteroatoms. The number of carbonyl (C=O) groups excluding carboxylic acids is 1. The summed E-state index contributed by atoms with van der Waals surface area (Å²) in [6.07, 6.45) is 7.22. The van der Waals surface area contributed by atoms with E-state index in [1.807, 2.05) is 4.90 Å². The molecule has 25 heavy (non-hydrogen) atoms. The summed E-state index contributed by atoms with van der Waals surface area (Å²) < 4.78 is 1.67. The largest absolute Gasteiger partial charge is 0.341 e. The molecule has 1 aromatic rings. The van der Waals surface area contributed by atoms with Gasteiger partial charge in [0.2, 0.25) is 5.91 Å². The standard InChI is InChI=1S/C19H28N4O2/c24-18-7-2-1-3-8-22(18)10-9-21-12-15(13-21)14-23-19(25)11-16-5-4-6-17(16)20-23/h11,15H,1-10,12-14H2. The second kappa shape index (κ2) is 7.28. The zero-order valence-electron chi connectivity index (χ0n) is 15.0. The van der Waals surface area contributed by atoms with Crippen LogP contribution in [-0.4, -0.2) is 58.2 Å². The van der Waals surface area contributed by atoms with Crippen molar-refractivity contribution in [1.29, 1.82) is 0 Å². The summed E-state index contributed by atoms with van der Waals surface area (Å²) in [5.74, 6) is 0.827. The maximum absolute atomic E-state index is 12.2. The molecule has 2 saturated heterocycles. The molecule has 0 saturated carbocycles. The monoisotopic (exact) mass is 344 g/mol. The second-order valence-corrected chi connectivity index (χ2v) is 7.81. The van der Waals surface area contributed by atoms with Crippen molar-refractivity contribution in [2.45, 2.75) is 51.5 Å². The Hall–Kier alpha value is -1.69. The molecule has 1 aliphatic carbocycles. The minimum absolute atomic E-state index is 0.0502. The average molecular weight is 344 g/mol. The second-order valence-electron chi connectivity index (χ2n) is 7.81. The summed E-state index contributed by atoms with van der Waals surface area (Å²) in [5, 5.41) is 4.57. The number of aromatic nitrogens is 2. The van der Waals surface area contributed by atoms with Crippen molar-refractivity contribution in [1.82, 2.24) is 19.6 Å². The molecule has 136 valence electrons. The van der Waals surface area contributed by atoms with Crippen molar-refractivity contribution in [2.75, 3.05) is 32.7 Å². The summed E-state index contributed by atoms with van der Waals surface area (Å²) in [6.45, 7) is 5.47. The topological polar surface area (TPSA) is 58.4 Å². The maximum Gasteiger partial charge on any atom is 0.267 e. The van der Waals surface area contributed by atoms with Crippen LogP contribution in [0.2, 0.25) is 0 Å². The number of hydrogen-bond acceptors (Lipinski definition) is 4. The highest BCUT2D eigenvalue weighted by molar-refractivity contribution is 5.76. The zero-order valence-corrected chi connectivity index (χ0v) is 15.0. The third kappa shape index (κ3) is 3.78. The molecule has 0 spiro atoms. The number of hydrogen-bond donors (Lipinski definition) is 0. The molecular weight excluding hydrogens is 316 g/mol. The van der Waals surface area contributed by atoms with Crippen LogP contribution in [0.3, 0.4) is 0 Å². The van der Waals surface area contributed by atoms with Crippen molar-refractivity contribution >= 4 is 5.91 Å². The lowest BCUT2D eigenvalue weighted by Crippen LogP contribution is -2.52. The Balaban J connectivity index is 1.24. The molecule has 0 bridgehead atoms. The van der Waals surface area contributed by atoms with Gasteiger partial charge in [0.15, 0.2) is 0 Å². The van der Waals surface area contributed by atoms with Crippen molar-refractivity contribution in [3.8, 4) is 0 Å². The van der Waals surface area contributed by atoms with E-state index < -0.39 is 0 Å². The molecule has 2 fully saturated rings. The van der Waals surface area contributed by atoms with E-state index in [1.165, 1.54) is 6.42 Å². The molecule has 3 aliphatic rings. The molecule has 0 radical (unpaired) electrons. The number of likely N-dealkylation sites (tertiary alicyclic amines) is 2. The normalized spacial score (nSPS) is 21.9. The Morgan fingerprint density at radius 1 is 1.00 bits per heavy atom. The Kier molecular flexibility index (Phi) is 4.88. The highest BCUT2D eigenvalue weighted by atomic mass is 16.2. The first-order valence-electron chi connectivity index (χ1n) is 9.79. The minimum atomic E-state index is 0.0502. The summed E-state index contributed by atoms with van der Waals surface area (Å²) in [6, 6.07) is 1.79. The lowest BCUT2D eigenvalue weighted by atomic mass is 10.0. The number of rotatable bonds is 5. The first-order valence-corrected chi connectivity index (χ1v) is 9.79. The molecule has 3 heterocycles. The molecule has 0 atom stereocenters. The third-order valence-electron chi connectivity index (χ3n) is 5.85. The van der Waals surface area contributed by atoms with E-state index in [4.69, 9.17) is 0 Å². The van der Waals surface area contributed by atoms with Crippen molar-refractivity contribution < 1.29 is 4.79 Å². The Labute approximate surface area is 148 Å². The Bertz CT molecular complexity index is 693. The fourth-order valence-electron chi connectivity index (χ4n) is 4.33. The number of fused-ring (bicyclic) bond motifs is 1. The highest BCUT2D eigenvalue weighted by Gasteiger charge is 2.28. The summed E-state index contributed by atoms with van der Waals surface area (Å²) in [4.78, 5) is 28.6. The van der Waals surface area contributed by atoms with Gasteiger partial charge in [0.25, 0.3) is 5.56 Å². The van der Waals surface area contributed by atoms with Crippen LogP contribution in [0.1, 0.15) is 43.4 Å². The van der Waals surface area contributed by atoms with Gasteiger partial charge in [-0.25, -0.2) is 4.68 Å². The van der Waals surface area contributed by atoms with Crippen LogP contribution in [-0.2, 0) is 24.2 Å². The first-order chi connectivity index (χ1) is 12.2. The van der Waals surface area contributed by atoms with Gasteiger partial charge in [0.05, 0.1) is 12.2 Å². The summed E-state index contributed by atoms with van der Waals surface area (Å²) >= 11 is 0. The summed E-state index contributed by atoms with van der Waals surface area (Å²) in [5.41, 5.74) is 2.32.